The summed E-state index contributed by atoms with van der Waals surface area (Å²) in [5, 5.41) is 4.86. The Morgan fingerprint density at radius 3 is 2.95 bits per heavy atom. The molecule has 0 bridgehead atoms. The number of benzene rings is 1. The highest BCUT2D eigenvalue weighted by Gasteiger charge is 2.18. The zero-order valence-electron chi connectivity index (χ0n) is 12.5. The standard InChI is InChI=1S/C18H24N2/c1-13-5-3-6-15(11-13)12-19-17-8-4-7-16-10-9-14(2)20-18(16)17/h4,7-10,13,15,19H,3,5-6,11-12H2,1-2H3. The second-order valence-electron chi connectivity index (χ2n) is 6.35. The van der Waals surface area contributed by atoms with Gasteiger partial charge in [0, 0.05) is 17.6 Å². The quantitative estimate of drug-likeness (QED) is 0.866. The van der Waals surface area contributed by atoms with Gasteiger partial charge in [-0.2, -0.15) is 0 Å². The Morgan fingerprint density at radius 2 is 2.10 bits per heavy atom. The van der Waals surface area contributed by atoms with E-state index in [4.69, 9.17) is 4.98 Å². The molecule has 2 nitrogen and oxygen atoms in total. The number of pyridine rings is 1. The van der Waals surface area contributed by atoms with Crippen LogP contribution in [0.15, 0.2) is 30.3 Å². The lowest BCUT2D eigenvalue weighted by atomic mass is 9.82. The third-order valence-electron chi connectivity index (χ3n) is 4.49. The number of fused-ring (bicyclic) bond motifs is 1. The maximum Gasteiger partial charge on any atom is 0.0936 e. The Balaban J connectivity index is 1.75. The lowest BCUT2D eigenvalue weighted by Crippen LogP contribution is -2.21. The molecule has 1 fully saturated rings. The Morgan fingerprint density at radius 1 is 1.20 bits per heavy atom. The molecule has 0 aliphatic heterocycles. The van der Waals surface area contributed by atoms with Gasteiger partial charge < -0.3 is 5.32 Å². The van der Waals surface area contributed by atoms with Crippen LogP contribution in [0.1, 0.15) is 38.3 Å². The number of nitrogens with zero attached hydrogens (tertiary/aromatic N) is 1. The van der Waals surface area contributed by atoms with Crippen molar-refractivity contribution in [3.63, 3.8) is 0 Å². The monoisotopic (exact) mass is 268 g/mol. The molecule has 1 aliphatic rings. The highest BCUT2D eigenvalue weighted by atomic mass is 14.9. The number of hydrogen-bond donors (Lipinski definition) is 1. The first-order valence-electron chi connectivity index (χ1n) is 7.82. The number of para-hydroxylation sites is 1. The highest BCUT2D eigenvalue weighted by Crippen LogP contribution is 2.29. The average molecular weight is 268 g/mol. The first-order chi connectivity index (χ1) is 9.72. The van der Waals surface area contributed by atoms with E-state index < -0.39 is 0 Å². The van der Waals surface area contributed by atoms with E-state index in [1.54, 1.807) is 0 Å². The molecule has 2 unspecified atom stereocenters. The van der Waals surface area contributed by atoms with Gasteiger partial charge in [0.05, 0.1) is 11.2 Å². The van der Waals surface area contributed by atoms with Crippen LogP contribution in [0.4, 0.5) is 5.69 Å². The molecule has 0 saturated heterocycles. The number of nitrogens with one attached hydrogen (secondary N) is 1. The van der Waals surface area contributed by atoms with Gasteiger partial charge in [0.25, 0.3) is 0 Å². The zero-order valence-corrected chi connectivity index (χ0v) is 12.5. The van der Waals surface area contributed by atoms with Crippen molar-refractivity contribution in [2.75, 3.05) is 11.9 Å². The molecule has 1 heterocycles. The van der Waals surface area contributed by atoms with Gasteiger partial charge in [-0.3, -0.25) is 4.98 Å². The molecule has 1 aromatic carbocycles. The van der Waals surface area contributed by atoms with E-state index in [0.717, 1.165) is 29.6 Å². The van der Waals surface area contributed by atoms with Gasteiger partial charge in [0.1, 0.15) is 0 Å². The lowest BCUT2D eigenvalue weighted by molar-refractivity contribution is 0.293. The molecular weight excluding hydrogens is 244 g/mol. The molecule has 1 aromatic heterocycles. The van der Waals surface area contributed by atoms with Gasteiger partial charge in [0.2, 0.25) is 0 Å². The van der Waals surface area contributed by atoms with Crippen LogP contribution in [-0.4, -0.2) is 11.5 Å². The fourth-order valence-corrected chi connectivity index (χ4v) is 3.39. The molecule has 0 spiro atoms. The molecule has 0 amide bonds. The van der Waals surface area contributed by atoms with Crippen molar-refractivity contribution in [3.05, 3.63) is 36.0 Å². The van der Waals surface area contributed by atoms with Gasteiger partial charge in [0.15, 0.2) is 0 Å². The Bertz CT molecular complexity index is 591. The SMILES string of the molecule is Cc1ccc2cccc(NCC3CCCC(C)C3)c2n1. The minimum atomic E-state index is 0.818. The molecular formula is C18H24N2. The summed E-state index contributed by atoms with van der Waals surface area (Å²) in [5.74, 6) is 1.71. The molecule has 1 aliphatic carbocycles. The van der Waals surface area contributed by atoms with Crippen LogP contribution in [0.3, 0.4) is 0 Å². The molecule has 2 aromatic rings. The van der Waals surface area contributed by atoms with Gasteiger partial charge in [-0.25, -0.2) is 0 Å². The van der Waals surface area contributed by atoms with E-state index in [1.165, 1.54) is 36.8 Å². The third kappa shape index (κ3) is 2.95. The van der Waals surface area contributed by atoms with Crippen LogP contribution in [-0.2, 0) is 0 Å². The number of anilines is 1. The summed E-state index contributed by atoms with van der Waals surface area (Å²) in [7, 11) is 0. The normalized spacial score (nSPS) is 22.9. The summed E-state index contributed by atoms with van der Waals surface area (Å²) in [6.45, 7) is 5.52. The lowest BCUT2D eigenvalue weighted by Gasteiger charge is -2.27. The maximum atomic E-state index is 4.69. The molecule has 1 saturated carbocycles. The van der Waals surface area contributed by atoms with Gasteiger partial charge >= 0.3 is 0 Å². The van der Waals surface area contributed by atoms with E-state index in [0.29, 0.717) is 0 Å². The maximum absolute atomic E-state index is 4.69. The van der Waals surface area contributed by atoms with Crippen molar-refractivity contribution in [1.29, 1.82) is 0 Å². The van der Waals surface area contributed by atoms with Crippen LogP contribution < -0.4 is 5.32 Å². The summed E-state index contributed by atoms with van der Waals surface area (Å²) in [6.07, 6.45) is 5.53. The summed E-state index contributed by atoms with van der Waals surface area (Å²) < 4.78 is 0. The van der Waals surface area contributed by atoms with Crippen LogP contribution in [0.2, 0.25) is 0 Å². The summed E-state index contributed by atoms with van der Waals surface area (Å²) >= 11 is 0. The molecule has 0 radical (unpaired) electrons. The highest BCUT2D eigenvalue weighted by molar-refractivity contribution is 5.90. The largest absolute Gasteiger partial charge is 0.383 e. The number of aromatic nitrogens is 1. The van der Waals surface area contributed by atoms with Crippen molar-refractivity contribution < 1.29 is 0 Å². The summed E-state index contributed by atoms with van der Waals surface area (Å²) in [5.41, 5.74) is 3.37. The van der Waals surface area contributed by atoms with E-state index in [1.807, 2.05) is 0 Å². The van der Waals surface area contributed by atoms with Crippen molar-refractivity contribution in [2.45, 2.75) is 39.5 Å². The topological polar surface area (TPSA) is 24.9 Å². The van der Waals surface area contributed by atoms with Gasteiger partial charge in [-0.1, -0.05) is 38.0 Å². The van der Waals surface area contributed by atoms with E-state index in [2.05, 4.69) is 49.5 Å². The van der Waals surface area contributed by atoms with Crippen LogP contribution in [0, 0.1) is 18.8 Å². The number of aryl methyl sites for hydroxylation is 1. The van der Waals surface area contributed by atoms with Crippen LogP contribution in [0.5, 0.6) is 0 Å². The van der Waals surface area contributed by atoms with Crippen molar-refractivity contribution in [1.82, 2.24) is 4.98 Å². The number of rotatable bonds is 3. The Kier molecular flexibility index (Phi) is 3.90. The van der Waals surface area contributed by atoms with Crippen LogP contribution in [0.25, 0.3) is 10.9 Å². The van der Waals surface area contributed by atoms with Crippen molar-refractivity contribution >= 4 is 16.6 Å². The van der Waals surface area contributed by atoms with E-state index in [9.17, 15) is 0 Å². The molecule has 3 rings (SSSR count). The van der Waals surface area contributed by atoms with Crippen LogP contribution >= 0.6 is 0 Å². The first-order valence-corrected chi connectivity index (χ1v) is 7.82. The average Bonchev–Trinajstić information content (AvgIpc) is 2.45. The second-order valence-corrected chi connectivity index (χ2v) is 6.35. The Labute approximate surface area is 121 Å². The van der Waals surface area contributed by atoms with Gasteiger partial charge in [-0.05, 0) is 43.7 Å². The van der Waals surface area contributed by atoms with E-state index >= 15 is 0 Å². The predicted octanol–water partition coefficient (Wildman–Crippen LogP) is 4.78. The van der Waals surface area contributed by atoms with E-state index in [-0.39, 0.29) is 0 Å². The fraction of sp³-hybridized carbons (Fsp3) is 0.500. The zero-order chi connectivity index (χ0) is 13.9. The smallest absolute Gasteiger partial charge is 0.0936 e. The fourth-order valence-electron chi connectivity index (χ4n) is 3.39. The minimum Gasteiger partial charge on any atom is -0.383 e. The molecule has 2 atom stereocenters. The summed E-state index contributed by atoms with van der Waals surface area (Å²) in [6, 6.07) is 10.6. The molecule has 2 heteroatoms. The minimum absolute atomic E-state index is 0.818. The second kappa shape index (κ2) is 5.82. The molecule has 106 valence electrons. The van der Waals surface area contributed by atoms with Crippen molar-refractivity contribution in [2.24, 2.45) is 11.8 Å². The molecule has 1 N–H and O–H groups in total. The first kappa shape index (κ1) is 13.4. The summed E-state index contributed by atoms with van der Waals surface area (Å²) in [4.78, 5) is 4.69. The number of hydrogen-bond acceptors (Lipinski definition) is 2. The Hall–Kier alpha value is -1.57. The third-order valence-corrected chi connectivity index (χ3v) is 4.49. The van der Waals surface area contributed by atoms with Crippen molar-refractivity contribution in [3.8, 4) is 0 Å². The predicted molar refractivity (Wildman–Crippen MR) is 86.1 cm³/mol. The molecule has 20 heavy (non-hydrogen) atoms. The van der Waals surface area contributed by atoms with Gasteiger partial charge in [-0.15, -0.1) is 0 Å².